The summed E-state index contributed by atoms with van der Waals surface area (Å²) in [5.74, 6) is 2.94. The highest BCUT2D eigenvalue weighted by molar-refractivity contribution is 5.66. The van der Waals surface area contributed by atoms with Crippen LogP contribution in [0.25, 0.3) is 0 Å². The van der Waals surface area contributed by atoms with Crippen LogP contribution in [0.1, 0.15) is 85.0 Å². The van der Waals surface area contributed by atoms with Gasteiger partial charge in [-0.2, -0.15) is 0 Å². The quantitative estimate of drug-likeness (QED) is 0.645. The van der Waals surface area contributed by atoms with Crippen molar-refractivity contribution in [1.82, 2.24) is 0 Å². The summed E-state index contributed by atoms with van der Waals surface area (Å²) in [6.07, 6.45) is 13.0. The summed E-state index contributed by atoms with van der Waals surface area (Å²) in [4.78, 5) is 11.0. The Bertz CT molecular complexity index is 625. The molecule has 4 rings (SSSR count). The monoisotopic (exact) mass is 374 g/mol. The average Bonchev–Trinajstić information content (AvgIpc) is 2.97. The lowest BCUT2D eigenvalue weighted by atomic mass is 9.47. The molecule has 0 heterocycles. The van der Waals surface area contributed by atoms with Crippen molar-refractivity contribution in [2.75, 3.05) is 0 Å². The molecular weight excluding hydrogens is 336 g/mol. The van der Waals surface area contributed by atoms with Crippen LogP contribution in [0.5, 0.6) is 0 Å². The van der Waals surface area contributed by atoms with Crippen molar-refractivity contribution in [2.24, 2.45) is 40.4 Å². The van der Waals surface area contributed by atoms with E-state index >= 15 is 0 Å². The number of rotatable bonds is 4. The van der Waals surface area contributed by atoms with E-state index in [0.29, 0.717) is 29.1 Å². The lowest BCUT2D eigenvalue weighted by molar-refractivity contribution is -0.137. The zero-order valence-electron chi connectivity index (χ0n) is 17.4. The third kappa shape index (κ3) is 3.09. The molecule has 3 nitrogen and oxygen atoms in total. The molecule has 3 heteroatoms. The fraction of sp³-hybridized carbons (Fsp3) is 0.875. The van der Waals surface area contributed by atoms with Gasteiger partial charge in [-0.25, -0.2) is 0 Å². The number of carbonyl (C=O) groups is 1. The van der Waals surface area contributed by atoms with Gasteiger partial charge < -0.3 is 10.2 Å². The molecule has 3 fully saturated rings. The van der Waals surface area contributed by atoms with Crippen LogP contribution in [0.3, 0.4) is 0 Å². The Kier molecular flexibility index (Phi) is 4.98. The normalized spacial score (nSPS) is 47.4. The summed E-state index contributed by atoms with van der Waals surface area (Å²) in [6.45, 7) is 7.33. The Balaban J connectivity index is 1.54. The molecule has 0 amide bonds. The first-order valence-corrected chi connectivity index (χ1v) is 11.3. The van der Waals surface area contributed by atoms with Gasteiger partial charge in [0.2, 0.25) is 0 Å². The van der Waals surface area contributed by atoms with Gasteiger partial charge in [0, 0.05) is 6.42 Å². The summed E-state index contributed by atoms with van der Waals surface area (Å²) >= 11 is 0. The van der Waals surface area contributed by atoms with Crippen LogP contribution in [0.2, 0.25) is 0 Å². The first kappa shape index (κ1) is 19.5. The van der Waals surface area contributed by atoms with Crippen molar-refractivity contribution < 1.29 is 15.0 Å². The Morgan fingerprint density at radius 3 is 2.70 bits per heavy atom. The van der Waals surface area contributed by atoms with Gasteiger partial charge in [-0.3, -0.25) is 4.79 Å². The van der Waals surface area contributed by atoms with E-state index in [9.17, 15) is 9.90 Å². The van der Waals surface area contributed by atoms with E-state index in [-0.39, 0.29) is 6.10 Å². The van der Waals surface area contributed by atoms with E-state index in [0.717, 1.165) is 43.4 Å². The Morgan fingerprint density at radius 2 is 1.96 bits per heavy atom. The lowest BCUT2D eigenvalue weighted by Gasteiger charge is -2.58. The lowest BCUT2D eigenvalue weighted by Crippen LogP contribution is -2.50. The second kappa shape index (κ2) is 6.90. The largest absolute Gasteiger partial charge is 0.481 e. The van der Waals surface area contributed by atoms with Crippen LogP contribution in [0.15, 0.2) is 11.6 Å². The first-order chi connectivity index (χ1) is 12.8. The summed E-state index contributed by atoms with van der Waals surface area (Å²) in [5.41, 5.74) is 2.27. The number of aliphatic hydroxyl groups is 1. The molecule has 3 saturated carbocycles. The zero-order chi connectivity index (χ0) is 19.4. The molecule has 0 aromatic carbocycles. The van der Waals surface area contributed by atoms with Gasteiger partial charge in [0.05, 0.1) is 6.10 Å². The molecule has 0 aliphatic heterocycles. The molecule has 4 aliphatic carbocycles. The number of carboxylic acid groups (broad SMARTS) is 1. The van der Waals surface area contributed by atoms with Gasteiger partial charge in [0.25, 0.3) is 0 Å². The minimum absolute atomic E-state index is 0.124. The molecule has 0 aromatic heterocycles. The van der Waals surface area contributed by atoms with Crippen LogP contribution in [-0.4, -0.2) is 22.3 Å². The zero-order valence-corrected chi connectivity index (χ0v) is 17.4. The predicted molar refractivity (Wildman–Crippen MR) is 107 cm³/mol. The third-order valence-corrected chi connectivity index (χ3v) is 9.65. The molecular formula is C24H38O3. The molecule has 27 heavy (non-hydrogen) atoms. The summed E-state index contributed by atoms with van der Waals surface area (Å²) in [5, 5.41) is 19.2. The molecule has 152 valence electrons. The summed E-state index contributed by atoms with van der Waals surface area (Å²) in [6, 6.07) is 0. The molecule has 0 spiro atoms. The van der Waals surface area contributed by atoms with E-state index in [1.54, 1.807) is 5.57 Å². The van der Waals surface area contributed by atoms with Crippen LogP contribution >= 0.6 is 0 Å². The standard InChI is InChI=1S/C24H38O3/c1-15(4-9-22(26)27)19-7-8-20-18-6-5-16-14-17(25)10-12-23(16,2)21(18)11-13-24(19,20)3/h5,15,17-21,25H,4,6-14H2,1-3H3,(H,26,27)/t15-,17-,18+,19+,20-,21+,23-,24+/m0/s1. The van der Waals surface area contributed by atoms with Crippen LogP contribution in [0, 0.1) is 40.4 Å². The number of carboxylic acids is 1. The number of aliphatic carboxylic acids is 1. The molecule has 0 aromatic rings. The van der Waals surface area contributed by atoms with Gasteiger partial charge in [0.1, 0.15) is 0 Å². The Morgan fingerprint density at radius 1 is 1.19 bits per heavy atom. The van der Waals surface area contributed by atoms with Gasteiger partial charge in [-0.05, 0) is 98.2 Å². The number of allylic oxidation sites excluding steroid dienone is 1. The topological polar surface area (TPSA) is 57.5 Å². The minimum atomic E-state index is -0.650. The number of aliphatic hydroxyl groups excluding tert-OH is 1. The smallest absolute Gasteiger partial charge is 0.303 e. The summed E-state index contributed by atoms with van der Waals surface area (Å²) in [7, 11) is 0. The van der Waals surface area contributed by atoms with E-state index in [1.165, 1.54) is 32.1 Å². The third-order valence-electron chi connectivity index (χ3n) is 9.65. The van der Waals surface area contributed by atoms with Crippen LogP contribution < -0.4 is 0 Å². The maximum Gasteiger partial charge on any atom is 0.303 e. The van der Waals surface area contributed by atoms with E-state index in [1.807, 2.05) is 0 Å². The second-order valence-corrected chi connectivity index (χ2v) is 10.8. The minimum Gasteiger partial charge on any atom is -0.481 e. The molecule has 2 N–H and O–H groups in total. The fourth-order valence-corrected chi connectivity index (χ4v) is 8.17. The fourth-order valence-electron chi connectivity index (χ4n) is 8.17. The molecule has 0 bridgehead atoms. The SMILES string of the molecule is C[C@@H](CCC(=O)O)[C@H]1CC[C@H]2[C@H]3CC=C4C[C@@H](O)CC[C@]4(C)[C@@H]3CC[C@]12C. The highest BCUT2D eigenvalue weighted by Crippen LogP contribution is 2.67. The van der Waals surface area contributed by atoms with Crippen molar-refractivity contribution in [2.45, 2.75) is 91.1 Å². The number of hydrogen-bond acceptors (Lipinski definition) is 2. The van der Waals surface area contributed by atoms with Crippen LogP contribution in [0.4, 0.5) is 0 Å². The van der Waals surface area contributed by atoms with Gasteiger partial charge in [-0.1, -0.05) is 32.4 Å². The average molecular weight is 375 g/mol. The van der Waals surface area contributed by atoms with E-state index in [2.05, 4.69) is 26.8 Å². The van der Waals surface area contributed by atoms with E-state index < -0.39 is 5.97 Å². The molecule has 0 radical (unpaired) electrons. The first-order valence-electron chi connectivity index (χ1n) is 11.3. The summed E-state index contributed by atoms with van der Waals surface area (Å²) < 4.78 is 0. The molecule has 4 aliphatic rings. The van der Waals surface area contributed by atoms with E-state index in [4.69, 9.17) is 5.11 Å². The van der Waals surface area contributed by atoms with Crippen molar-refractivity contribution in [3.8, 4) is 0 Å². The molecule has 0 unspecified atom stereocenters. The predicted octanol–water partition coefficient (Wildman–Crippen LogP) is 5.43. The van der Waals surface area contributed by atoms with Gasteiger partial charge in [0.15, 0.2) is 0 Å². The number of fused-ring (bicyclic) bond motifs is 5. The van der Waals surface area contributed by atoms with Gasteiger partial charge in [-0.15, -0.1) is 0 Å². The van der Waals surface area contributed by atoms with Crippen LogP contribution in [-0.2, 0) is 4.79 Å². The maximum absolute atomic E-state index is 11.0. The highest BCUT2D eigenvalue weighted by Gasteiger charge is 2.59. The van der Waals surface area contributed by atoms with Crippen molar-refractivity contribution in [1.29, 1.82) is 0 Å². The molecule has 0 saturated heterocycles. The molecule has 8 atom stereocenters. The highest BCUT2D eigenvalue weighted by atomic mass is 16.4. The van der Waals surface area contributed by atoms with Crippen molar-refractivity contribution in [3.05, 3.63) is 11.6 Å². The van der Waals surface area contributed by atoms with Crippen molar-refractivity contribution >= 4 is 5.97 Å². The number of hydrogen-bond donors (Lipinski definition) is 2. The maximum atomic E-state index is 11.0. The van der Waals surface area contributed by atoms with Crippen molar-refractivity contribution in [3.63, 3.8) is 0 Å². The second-order valence-electron chi connectivity index (χ2n) is 10.8. The Hall–Kier alpha value is -0.830. The van der Waals surface area contributed by atoms with Gasteiger partial charge >= 0.3 is 5.97 Å². The Labute approximate surface area is 164 Å².